The first-order chi connectivity index (χ1) is 13.7. The van der Waals surface area contributed by atoms with Crippen molar-refractivity contribution in [3.05, 3.63) is 41.1 Å². The fourth-order valence-electron chi connectivity index (χ4n) is 2.59. The fraction of sp³-hybridized carbons (Fsp3) is 0.412. The minimum atomic E-state index is -4.02. The number of nitrogens with zero attached hydrogens (tertiary/aromatic N) is 1. The van der Waals surface area contributed by atoms with Crippen molar-refractivity contribution in [1.82, 2.24) is 4.90 Å². The lowest BCUT2D eigenvalue weighted by molar-refractivity contribution is -0.150. The molecule has 30 heavy (non-hydrogen) atoms. The third kappa shape index (κ3) is 6.25. The van der Waals surface area contributed by atoms with Crippen molar-refractivity contribution < 1.29 is 27.3 Å². The number of esters is 1. The van der Waals surface area contributed by atoms with Crippen LogP contribution in [-0.2, 0) is 24.4 Å². The summed E-state index contributed by atoms with van der Waals surface area (Å²) in [6.45, 7) is 3.22. The average Bonchev–Trinajstić information content (AvgIpc) is 2.64. The van der Waals surface area contributed by atoms with Gasteiger partial charge in [0.1, 0.15) is 23.7 Å². The van der Waals surface area contributed by atoms with Gasteiger partial charge in [-0.15, -0.1) is 11.8 Å². The summed E-state index contributed by atoms with van der Waals surface area (Å²) < 4.78 is 32.8. The summed E-state index contributed by atoms with van der Waals surface area (Å²) in [5.74, 6) is -0.355. The maximum atomic E-state index is 12.0. The number of halogens is 3. The van der Waals surface area contributed by atoms with Gasteiger partial charge in [0.25, 0.3) is 10.1 Å². The van der Waals surface area contributed by atoms with E-state index in [-0.39, 0.29) is 28.5 Å². The van der Waals surface area contributed by atoms with Crippen LogP contribution in [0.1, 0.15) is 12.5 Å². The molecule has 2 aliphatic rings. The molecule has 0 unspecified atom stereocenters. The lowest BCUT2D eigenvalue weighted by Crippen LogP contribution is -2.68. The molecule has 0 aromatic heterocycles. The van der Waals surface area contributed by atoms with Crippen molar-refractivity contribution >= 4 is 68.6 Å². The number of ether oxygens (including phenoxy) is 1. The molecule has 1 fully saturated rings. The second kappa shape index (κ2) is 9.64. The van der Waals surface area contributed by atoms with E-state index < -0.39 is 25.9 Å². The van der Waals surface area contributed by atoms with E-state index in [1.807, 2.05) is 6.92 Å². The molecular formula is C17H19Cl3N2O6S2. The Morgan fingerprint density at radius 2 is 1.87 bits per heavy atom. The molecule has 3 rings (SSSR count). The minimum absolute atomic E-state index is 0.0666. The fourth-order valence-corrected chi connectivity index (χ4v) is 4.47. The second-order valence-corrected chi connectivity index (χ2v) is 11.6. The lowest BCUT2D eigenvalue weighted by atomic mass is 10.0. The van der Waals surface area contributed by atoms with Crippen LogP contribution in [0.3, 0.4) is 0 Å². The largest absolute Gasteiger partial charge is 0.456 e. The van der Waals surface area contributed by atoms with Crippen LogP contribution in [0.4, 0.5) is 0 Å². The van der Waals surface area contributed by atoms with Gasteiger partial charge in [-0.05, 0) is 31.6 Å². The highest BCUT2D eigenvalue weighted by Crippen LogP contribution is 2.39. The van der Waals surface area contributed by atoms with E-state index in [0.29, 0.717) is 5.75 Å². The van der Waals surface area contributed by atoms with Gasteiger partial charge >= 0.3 is 5.97 Å². The molecule has 8 nitrogen and oxygen atoms in total. The molecule has 13 heteroatoms. The first-order valence-electron chi connectivity index (χ1n) is 8.40. The van der Waals surface area contributed by atoms with Crippen LogP contribution in [0, 0.1) is 6.92 Å². The highest BCUT2D eigenvalue weighted by molar-refractivity contribution is 8.00. The van der Waals surface area contributed by atoms with Gasteiger partial charge in [-0.1, -0.05) is 52.5 Å². The molecule has 2 aliphatic heterocycles. The zero-order chi connectivity index (χ0) is 22.9. The molecule has 0 aliphatic carbocycles. The Morgan fingerprint density at radius 1 is 1.30 bits per heavy atom. The van der Waals surface area contributed by atoms with Gasteiger partial charge in [0.15, 0.2) is 0 Å². The Morgan fingerprint density at radius 3 is 2.37 bits per heavy atom. The number of hydrogen-bond donors (Lipinski definition) is 2. The van der Waals surface area contributed by atoms with Gasteiger partial charge in [0.2, 0.25) is 9.70 Å². The molecule has 2 heterocycles. The molecule has 2 atom stereocenters. The molecule has 166 valence electrons. The smallest absolute Gasteiger partial charge is 0.355 e. The molecule has 3 N–H and O–H groups in total. The summed E-state index contributed by atoms with van der Waals surface area (Å²) in [4.78, 5) is 25.0. The number of carbonyl (C=O) groups is 2. The third-order valence-electron chi connectivity index (χ3n) is 4.08. The average molecular weight is 518 g/mol. The second-order valence-electron chi connectivity index (χ2n) is 6.54. The number of fused-ring (bicyclic) bond motifs is 1. The number of hydrogen-bond acceptors (Lipinski definition) is 7. The summed E-state index contributed by atoms with van der Waals surface area (Å²) in [5, 5.41) is -0.216. The van der Waals surface area contributed by atoms with E-state index in [9.17, 15) is 18.0 Å². The highest BCUT2D eigenvalue weighted by atomic mass is 35.6. The summed E-state index contributed by atoms with van der Waals surface area (Å²) in [7, 11) is -4.02. The lowest BCUT2D eigenvalue weighted by Gasteiger charge is -2.48. The third-order valence-corrected chi connectivity index (χ3v) is 6.72. The van der Waals surface area contributed by atoms with Crippen molar-refractivity contribution in [2.75, 3.05) is 12.4 Å². The molecule has 1 aromatic rings. The van der Waals surface area contributed by atoms with Gasteiger partial charge in [-0.3, -0.25) is 14.2 Å². The Hall–Kier alpha value is -1.01. The quantitative estimate of drug-likeness (QED) is 0.271. The van der Waals surface area contributed by atoms with Crippen LogP contribution >= 0.6 is 46.6 Å². The Kier molecular flexibility index (Phi) is 8.11. The topological polar surface area (TPSA) is 127 Å². The van der Waals surface area contributed by atoms with Crippen molar-refractivity contribution in [2.24, 2.45) is 5.73 Å². The maximum absolute atomic E-state index is 12.0. The van der Waals surface area contributed by atoms with Crippen LogP contribution < -0.4 is 5.73 Å². The number of nitrogens with two attached hydrogens (primary N) is 1. The monoisotopic (exact) mass is 516 g/mol. The van der Waals surface area contributed by atoms with Gasteiger partial charge in [-0.25, -0.2) is 4.79 Å². The first-order valence-corrected chi connectivity index (χ1v) is 12.0. The first kappa shape index (κ1) is 25.3. The Bertz CT molecular complexity index is 961. The van der Waals surface area contributed by atoms with E-state index in [2.05, 4.69) is 0 Å². The number of thioether (sulfide) groups is 1. The molecule has 0 saturated carbocycles. The van der Waals surface area contributed by atoms with Gasteiger partial charge in [0, 0.05) is 5.75 Å². The number of rotatable bonds is 3. The van der Waals surface area contributed by atoms with E-state index in [0.717, 1.165) is 11.1 Å². The molecule has 0 spiro atoms. The summed E-state index contributed by atoms with van der Waals surface area (Å²) in [6.07, 6.45) is 0. The van der Waals surface area contributed by atoms with Crippen molar-refractivity contribution in [1.29, 1.82) is 0 Å². The standard InChI is InChI=1S/C10H11Cl3N2O3S.C7H8O3S/c1-4-2-19-8-5(14)7(16)15(8)6(4)9(17)18-3-10(11,12)13;1-6-2-4-7(5-3-6)11(8,9)10/h5,8H,2-3,14H2,1H3;2-5H,1H3,(H,8,9,10)/t5-,8-;/m1./s1. The maximum Gasteiger partial charge on any atom is 0.355 e. The number of amides is 1. The number of alkyl halides is 3. The zero-order valence-corrected chi connectivity index (χ0v) is 19.7. The molecular weight excluding hydrogens is 499 g/mol. The highest BCUT2D eigenvalue weighted by Gasteiger charge is 2.51. The number of benzene rings is 1. The van der Waals surface area contributed by atoms with Gasteiger partial charge < -0.3 is 10.5 Å². The minimum Gasteiger partial charge on any atom is -0.456 e. The number of β-lactam (4-membered cyclic amide) rings is 1. The predicted molar refractivity (Wildman–Crippen MR) is 116 cm³/mol. The zero-order valence-electron chi connectivity index (χ0n) is 15.8. The molecule has 1 saturated heterocycles. The van der Waals surface area contributed by atoms with Crippen LogP contribution in [0.5, 0.6) is 0 Å². The van der Waals surface area contributed by atoms with Gasteiger partial charge in [0.05, 0.1) is 4.90 Å². The van der Waals surface area contributed by atoms with Crippen LogP contribution in [-0.4, -0.2) is 57.3 Å². The Labute approximate surface area is 193 Å². The van der Waals surface area contributed by atoms with Gasteiger partial charge in [-0.2, -0.15) is 8.42 Å². The van der Waals surface area contributed by atoms with Crippen LogP contribution in [0.15, 0.2) is 40.4 Å². The normalized spacial score (nSPS) is 21.3. The number of carbonyl (C=O) groups excluding carboxylic acids is 2. The number of aryl methyl sites for hydroxylation is 1. The Balaban J connectivity index is 0.000000248. The van der Waals surface area contributed by atoms with E-state index in [1.54, 1.807) is 19.1 Å². The van der Waals surface area contributed by atoms with Crippen molar-refractivity contribution in [3.63, 3.8) is 0 Å². The van der Waals surface area contributed by atoms with E-state index in [4.69, 9.17) is 49.8 Å². The predicted octanol–water partition coefficient (Wildman–Crippen LogP) is 2.66. The van der Waals surface area contributed by atoms with Crippen LogP contribution in [0.2, 0.25) is 0 Å². The molecule has 0 bridgehead atoms. The molecule has 1 amide bonds. The van der Waals surface area contributed by atoms with E-state index in [1.165, 1.54) is 28.8 Å². The van der Waals surface area contributed by atoms with E-state index >= 15 is 0 Å². The summed E-state index contributed by atoms with van der Waals surface area (Å²) >= 11 is 18.1. The van der Waals surface area contributed by atoms with Crippen LogP contribution in [0.25, 0.3) is 0 Å². The van der Waals surface area contributed by atoms with Crippen molar-refractivity contribution in [2.45, 2.75) is 34.0 Å². The SMILES string of the molecule is CC1=C(C(=O)OCC(Cl)(Cl)Cl)N2C(=O)[C@@H](N)[C@H]2SC1.Cc1ccc(S(=O)(=O)O)cc1. The molecule has 0 radical (unpaired) electrons. The van der Waals surface area contributed by atoms with Crippen molar-refractivity contribution in [3.8, 4) is 0 Å². The summed E-state index contributed by atoms with van der Waals surface area (Å²) in [5.41, 5.74) is 7.59. The summed E-state index contributed by atoms with van der Waals surface area (Å²) in [6, 6.07) is 5.41. The molecule has 1 aromatic carbocycles.